The minimum atomic E-state index is 0.0568. The Morgan fingerprint density at radius 2 is 1.89 bits per heavy atom. The number of ether oxygens (including phenoxy) is 1. The second kappa shape index (κ2) is 4.93. The summed E-state index contributed by atoms with van der Waals surface area (Å²) in [6.07, 6.45) is 9.93. The molecule has 0 aromatic rings. The Morgan fingerprint density at radius 3 is 2.56 bits per heavy atom. The molecule has 0 aromatic heterocycles. The Balaban J connectivity index is 1.66. The van der Waals surface area contributed by atoms with Gasteiger partial charge in [-0.3, -0.25) is 4.79 Å². The van der Waals surface area contributed by atoms with Gasteiger partial charge in [0.2, 0.25) is 0 Å². The first-order valence-corrected chi connectivity index (χ1v) is 7.63. The molecule has 3 heteroatoms. The summed E-state index contributed by atoms with van der Waals surface area (Å²) in [6, 6.07) is 0.125. The van der Waals surface area contributed by atoms with E-state index in [0.29, 0.717) is 5.78 Å². The first-order valence-electron chi connectivity index (χ1n) is 7.63. The molecule has 3 atom stereocenters. The average molecular weight is 251 g/mol. The quantitative estimate of drug-likeness (QED) is 0.820. The molecular weight excluding hydrogens is 226 g/mol. The molecule has 1 saturated heterocycles. The third kappa shape index (κ3) is 2.23. The highest BCUT2D eigenvalue weighted by Crippen LogP contribution is 2.43. The van der Waals surface area contributed by atoms with Gasteiger partial charge in [-0.05, 0) is 38.5 Å². The average Bonchev–Trinajstić information content (AvgIpc) is 2.98. The molecule has 0 aromatic carbocycles. The molecule has 3 rings (SSSR count). The Morgan fingerprint density at radius 1 is 1.11 bits per heavy atom. The van der Waals surface area contributed by atoms with Crippen molar-refractivity contribution in [2.75, 3.05) is 6.61 Å². The number of hydrogen-bond donors (Lipinski definition) is 1. The van der Waals surface area contributed by atoms with Gasteiger partial charge in [0.05, 0.1) is 5.60 Å². The number of Topliss-reactive ketones (excluding diaryl/α,β-unsaturated/α-hetero) is 1. The van der Waals surface area contributed by atoms with Crippen LogP contribution in [0.4, 0.5) is 0 Å². The summed E-state index contributed by atoms with van der Waals surface area (Å²) in [5.41, 5.74) is 6.14. The molecule has 0 amide bonds. The van der Waals surface area contributed by atoms with Crippen LogP contribution in [-0.2, 0) is 9.53 Å². The van der Waals surface area contributed by atoms with E-state index in [1.807, 2.05) is 0 Å². The summed E-state index contributed by atoms with van der Waals surface area (Å²) in [7, 11) is 0. The van der Waals surface area contributed by atoms with Gasteiger partial charge in [0, 0.05) is 24.5 Å². The van der Waals surface area contributed by atoms with E-state index in [4.69, 9.17) is 10.5 Å². The number of carbonyl (C=O) groups excluding carboxylic acids is 1. The van der Waals surface area contributed by atoms with Crippen molar-refractivity contribution >= 4 is 5.78 Å². The molecule has 102 valence electrons. The van der Waals surface area contributed by atoms with Crippen LogP contribution < -0.4 is 5.73 Å². The molecule has 1 aliphatic heterocycles. The lowest BCUT2D eigenvalue weighted by atomic mass is 9.78. The van der Waals surface area contributed by atoms with Crippen LogP contribution in [0.25, 0.3) is 0 Å². The number of ketones is 1. The minimum Gasteiger partial charge on any atom is -0.375 e. The second-order valence-electron chi connectivity index (χ2n) is 6.53. The molecule has 1 spiro atoms. The standard InChI is InChI=1S/C15H25NO2/c16-13-5-3-4-12(13)14(17)11-6-9-18-15(10-11)7-1-2-8-15/h11-13H,1-10,16H2. The predicted molar refractivity (Wildman–Crippen MR) is 70.2 cm³/mol. The molecule has 3 nitrogen and oxygen atoms in total. The summed E-state index contributed by atoms with van der Waals surface area (Å²) in [5.74, 6) is 0.826. The summed E-state index contributed by atoms with van der Waals surface area (Å²) >= 11 is 0. The third-order valence-electron chi connectivity index (χ3n) is 5.34. The maximum atomic E-state index is 12.6. The fourth-order valence-electron chi connectivity index (χ4n) is 4.28. The van der Waals surface area contributed by atoms with Gasteiger partial charge >= 0.3 is 0 Å². The first kappa shape index (κ1) is 12.6. The smallest absolute Gasteiger partial charge is 0.140 e. The molecule has 2 N–H and O–H groups in total. The summed E-state index contributed by atoms with van der Waals surface area (Å²) in [4.78, 5) is 12.6. The van der Waals surface area contributed by atoms with Gasteiger partial charge in [-0.15, -0.1) is 0 Å². The molecule has 0 bridgehead atoms. The van der Waals surface area contributed by atoms with Gasteiger partial charge in [0.15, 0.2) is 0 Å². The van der Waals surface area contributed by atoms with Crippen LogP contribution in [-0.4, -0.2) is 24.0 Å². The van der Waals surface area contributed by atoms with Crippen molar-refractivity contribution in [2.24, 2.45) is 17.6 Å². The molecule has 1 heterocycles. The zero-order valence-electron chi connectivity index (χ0n) is 11.2. The predicted octanol–water partition coefficient (Wildman–Crippen LogP) is 2.42. The van der Waals surface area contributed by atoms with Crippen LogP contribution >= 0.6 is 0 Å². The van der Waals surface area contributed by atoms with E-state index < -0.39 is 0 Å². The molecule has 18 heavy (non-hydrogen) atoms. The monoisotopic (exact) mass is 251 g/mol. The largest absolute Gasteiger partial charge is 0.375 e. The fraction of sp³-hybridized carbons (Fsp3) is 0.933. The van der Waals surface area contributed by atoms with E-state index in [2.05, 4.69) is 0 Å². The van der Waals surface area contributed by atoms with E-state index in [-0.39, 0.29) is 23.5 Å². The zero-order valence-corrected chi connectivity index (χ0v) is 11.2. The summed E-state index contributed by atoms with van der Waals surface area (Å²) in [6.45, 7) is 0.776. The van der Waals surface area contributed by atoms with Crippen LogP contribution in [0.2, 0.25) is 0 Å². The van der Waals surface area contributed by atoms with Crippen molar-refractivity contribution in [1.29, 1.82) is 0 Å². The molecule has 3 aliphatic rings. The number of hydrogen-bond acceptors (Lipinski definition) is 3. The van der Waals surface area contributed by atoms with E-state index in [0.717, 1.165) is 51.6 Å². The van der Waals surface area contributed by atoms with Crippen molar-refractivity contribution in [1.82, 2.24) is 0 Å². The molecule has 2 aliphatic carbocycles. The summed E-state index contributed by atoms with van der Waals surface area (Å²) < 4.78 is 6.01. The van der Waals surface area contributed by atoms with Crippen LogP contribution in [0, 0.1) is 11.8 Å². The van der Waals surface area contributed by atoms with Crippen molar-refractivity contribution in [3.8, 4) is 0 Å². The lowest BCUT2D eigenvalue weighted by Crippen LogP contribution is -2.43. The zero-order chi connectivity index (χ0) is 12.6. The third-order valence-corrected chi connectivity index (χ3v) is 5.34. The topological polar surface area (TPSA) is 52.3 Å². The minimum absolute atomic E-state index is 0.0568. The van der Waals surface area contributed by atoms with Gasteiger partial charge in [-0.2, -0.15) is 0 Å². The first-order chi connectivity index (χ1) is 8.70. The molecule has 3 fully saturated rings. The Bertz CT molecular complexity index is 322. The lowest BCUT2D eigenvalue weighted by Gasteiger charge is -2.38. The maximum Gasteiger partial charge on any atom is 0.140 e. The normalized spacial score (nSPS) is 39.3. The number of rotatable bonds is 2. The van der Waals surface area contributed by atoms with Crippen LogP contribution in [0.15, 0.2) is 0 Å². The molecule has 2 saturated carbocycles. The van der Waals surface area contributed by atoms with E-state index >= 15 is 0 Å². The van der Waals surface area contributed by atoms with Gasteiger partial charge in [-0.1, -0.05) is 19.3 Å². The van der Waals surface area contributed by atoms with Gasteiger partial charge in [-0.25, -0.2) is 0 Å². The Kier molecular flexibility index (Phi) is 3.46. The van der Waals surface area contributed by atoms with E-state index in [1.165, 1.54) is 12.8 Å². The van der Waals surface area contributed by atoms with Crippen molar-refractivity contribution in [3.05, 3.63) is 0 Å². The number of nitrogens with two attached hydrogens (primary N) is 1. The van der Waals surface area contributed by atoms with Crippen LogP contribution in [0.3, 0.4) is 0 Å². The van der Waals surface area contributed by atoms with E-state index in [9.17, 15) is 4.79 Å². The van der Waals surface area contributed by atoms with Gasteiger partial charge < -0.3 is 10.5 Å². The van der Waals surface area contributed by atoms with Gasteiger partial charge in [0.1, 0.15) is 5.78 Å². The van der Waals surface area contributed by atoms with Crippen molar-refractivity contribution in [3.63, 3.8) is 0 Å². The highest BCUT2D eigenvalue weighted by Gasteiger charge is 2.44. The molecule has 3 unspecified atom stereocenters. The highest BCUT2D eigenvalue weighted by molar-refractivity contribution is 5.84. The lowest BCUT2D eigenvalue weighted by molar-refractivity contribution is -0.140. The maximum absolute atomic E-state index is 12.6. The Hall–Kier alpha value is -0.410. The molecular formula is C15H25NO2. The van der Waals surface area contributed by atoms with Crippen molar-refractivity contribution < 1.29 is 9.53 Å². The second-order valence-corrected chi connectivity index (χ2v) is 6.53. The van der Waals surface area contributed by atoms with Crippen molar-refractivity contribution in [2.45, 2.75) is 69.4 Å². The highest BCUT2D eigenvalue weighted by atomic mass is 16.5. The van der Waals surface area contributed by atoms with Crippen LogP contribution in [0.5, 0.6) is 0 Å². The SMILES string of the molecule is NC1CCCC1C(=O)C1CCOC2(CCCC2)C1. The molecule has 0 radical (unpaired) electrons. The Labute approximate surface area is 109 Å². The number of carbonyl (C=O) groups is 1. The summed E-state index contributed by atoms with van der Waals surface area (Å²) in [5, 5.41) is 0. The van der Waals surface area contributed by atoms with Gasteiger partial charge in [0.25, 0.3) is 0 Å². The van der Waals surface area contributed by atoms with E-state index in [1.54, 1.807) is 0 Å². The fourth-order valence-corrected chi connectivity index (χ4v) is 4.28. The van der Waals surface area contributed by atoms with Crippen LogP contribution in [0.1, 0.15) is 57.8 Å².